The predicted octanol–water partition coefficient (Wildman–Crippen LogP) is 5.32. The van der Waals surface area contributed by atoms with Crippen molar-refractivity contribution < 1.29 is 19.1 Å². The second kappa shape index (κ2) is 10.5. The summed E-state index contributed by atoms with van der Waals surface area (Å²) in [6, 6.07) is 20.3. The van der Waals surface area contributed by atoms with Gasteiger partial charge < -0.3 is 14.0 Å². The molecule has 192 valence electrons. The highest BCUT2D eigenvalue weighted by Crippen LogP contribution is 2.32. The van der Waals surface area contributed by atoms with Crippen molar-refractivity contribution in [3.63, 3.8) is 0 Å². The third kappa shape index (κ3) is 4.88. The number of rotatable bonds is 7. The van der Waals surface area contributed by atoms with Crippen LogP contribution in [0.4, 0.5) is 5.13 Å². The standard InChI is InChI=1S/C29H25N3O5S/c1-4-36-19-13-14-22-23(15-19)38-29(30-22)31-24(33)16-37-28(35)26-25(18-11-9-17(2)10-12-18)20-7-5-6-8-21(20)27(34)32(26)3/h5-15H,4,16H2,1-3H3,(H,30,31,33). The fraction of sp³-hybridized carbons (Fsp3) is 0.172. The topological polar surface area (TPSA) is 99.5 Å². The van der Waals surface area contributed by atoms with Crippen molar-refractivity contribution in [2.45, 2.75) is 13.8 Å². The summed E-state index contributed by atoms with van der Waals surface area (Å²) in [5.41, 5.74) is 2.87. The van der Waals surface area contributed by atoms with Crippen LogP contribution >= 0.6 is 11.3 Å². The van der Waals surface area contributed by atoms with Crippen LogP contribution in [0.15, 0.2) is 71.5 Å². The fourth-order valence-electron chi connectivity index (χ4n) is 4.29. The summed E-state index contributed by atoms with van der Waals surface area (Å²) >= 11 is 1.29. The van der Waals surface area contributed by atoms with Crippen molar-refractivity contribution in [3.05, 3.63) is 88.3 Å². The normalized spacial score (nSPS) is 11.0. The molecule has 5 rings (SSSR count). The van der Waals surface area contributed by atoms with Crippen molar-refractivity contribution in [1.29, 1.82) is 0 Å². The Morgan fingerprint density at radius 2 is 1.76 bits per heavy atom. The Kier molecular flexibility index (Phi) is 6.93. The smallest absolute Gasteiger partial charge is 0.356 e. The number of nitrogens with zero attached hydrogens (tertiary/aromatic N) is 2. The zero-order valence-electron chi connectivity index (χ0n) is 21.1. The molecule has 2 aromatic heterocycles. The lowest BCUT2D eigenvalue weighted by Gasteiger charge is -2.16. The van der Waals surface area contributed by atoms with E-state index in [2.05, 4.69) is 10.3 Å². The molecule has 0 fully saturated rings. The summed E-state index contributed by atoms with van der Waals surface area (Å²) in [7, 11) is 1.53. The zero-order chi connectivity index (χ0) is 26.8. The summed E-state index contributed by atoms with van der Waals surface area (Å²) in [4.78, 5) is 43.5. The van der Waals surface area contributed by atoms with Crippen LogP contribution in [0.1, 0.15) is 23.0 Å². The quantitative estimate of drug-likeness (QED) is 0.288. The lowest BCUT2D eigenvalue weighted by atomic mass is 9.96. The Labute approximate surface area is 222 Å². The number of pyridine rings is 1. The first-order chi connectivity index (χ1) is 18.4. The van der Waals surface area contributed by atoms with E-state index >= 15 is 0 Å². The van der Waals surface area contributed by atoms with Crippen LogP contribution in [0.25, 0.3) is 32.1 Å². The lowest BCUT2D eigenvalue weighted by molar-refractivity contribution is -0.119. The van der Waals surface area contributed by atoms with Gasteiger partial charge in [0.25, 0.3) is 11.5 Å². The molecule has 1 N–H and O–H groups in total. The molecule has 0 aliphatic heterocycles. The largest absolute Gasteiger partial charge is 0.494 e. The number of thiazole rings is 1. The SMILES string of the molecule is CCOc1ccc2nc(NC(=O)COC(=O)c3c(-c4ccc(C)cc4)c4ccccc4c(=O)n3C)sc2c1. The molecule has 0 atom stereocenters. The summed E-state index contributed by atoms with van der Waals surface area (Å²) in [5.74, 6) is -0.585. The molecule has 0 radical (unpaired) electrons. The molecule has 38 heavy (non-hydrogen) atoms. The maximum Gasteiger partial charge on any atom is 0.356 e. The Morgan fingerprint density at radius 1 is 1.03 bits per heavy atom. The zero-order valence-corrected chi connectivity index (χ0v) is 21.9. The Morgan fingerprint density at radius 3 is 2.50 bits per heavy atom. The lowest BCUT2D eigenvalue weighted by Crippen LogP contribution is -2.28. The third-order valence-electron chi connectivity index (χ3n) is 6.09. The number of ether oxygens (including phenoxy) is 2. The number of amides is 1. The monoisotopic (exact) mass is 527 g/mol. The number of hydrogen-bond donors (Lipinski definition) is 1. The van der Waals surface area contributed by atoms with Gasteiger partial charge in [-0.15, -0.1) is 0 Å². The summed E-state index contributed by atoms with van der Waals surface area (Å²) in [6.07, 6.45) is 0. The second-order valence-electron chi connectivity index (χ2n) is 8.71. The molecular formula is C29H25N3O5S. The van der Waals surface area contributed by atoms with Crippen LogP contribution in [0, 0.1) is 6.92 Å². The number of benzene rings is 3. The van der Waals surface area contributed by atoms with E-state index in [-0.39, 0.29) is 11.3 Å². The molecule has 8 nitrogen and oxygen atoms in total. The summed E-state index contributed by atoms with van der Waals surface area (Å²) in [5, 5.41) is 4.19. The van der Waals surface area contributed by atoms with Gasteiger partial charge in [-0.05, 0) is 49.1 Å². The second-order valence-corrected chi connectivity index (χ2v) is 9.74. The Hall–Kier alpha value is -4.50. The van der Waals surface area contributed by atoms with Gasteiger partial charge >= 0.3 is 5.97 Å². The molecule has 5 aromatic rings. The molecule has 1 amide bonds. The molecular weight excluding hydrogens is 502 g/mol. The number of fused-ring (bicyclic) bond motifs is 2. The van der Waals surface area contributed by atoms with Crippen molar-refractivity contribution >= 4 is 49.3 Å². The average Bonchev–Trinajstić information content (AvgIpc) is 3.31. The highest BCUT2D eigenvalue weighted by atomic mass is 32.1. The van der Waals surface area contributed by atoms with Crippen LogP contribution in [-0.2, 0) is 16.6 Å². The first-order valence-electron chi connectivity index (χ1n) is 12.0. The van der Waals surface area contributed by atoms with Crippen molar-refractivity contribution in [2.75, 3.05) is 18.5 Å². The molecule has 0 aliphatic carbocycles. The maximum atomic E-state index is 13.3. The summed E-state index contributed by atoms with van der Waals surface area (Å²) in [6.45, 7) is 3.89. The molecule has 0 bridgehead atoms. The van der Waals surface area contributed by atoms with Crippen LogP contribution in [-0.4, -0.2) is 34.6 Å². The van der Waals surface area contributed by atoms with Gasteiger partial charge in [0.1, 0.15) is 11.4 Å². The molecule has 0 saturated carbocycles. The predicted molar refractivity (Wildman–Crippen MR) is 149 cm³/mol. The number of carbonyl (C=O) groups is 2. The van der Waals surface area contributed by atoms with E-state index in [4.69, 9.17) is 9.47 Å². The van der Waals surface area contributed by atoms with Gasteiger partial charge in [-0.1, -0.05) is 59.4 Å². The first kappa shape index (κ1) is 25.2. The summed E-state index contributed by atoms with van der Waals surface area (Å²) < 4.78 is 13.1. The van der Waals surface area contributed by atoms with Gasteiger partial charge in [0.15, 0.2) is 11.7 Å². The number of anilines is 1. The van der Waals surface area contributed by atoms with E-state index in [1.165, 1.54) is 23.0 Å². The molecule has 0 saturated heterocycles. The van der Waals surface area contributed by atoms with Crippen LogP contribution < -0.4 is 15.6 Å². The Balaban J connectivity index is 1.41. The Bertz CT molecular complexity index is 1740. The number of esters is 1. The van der Waals surface area contributed by atoms with Crippen molar-refractivity contribution in [2.24, 2.45) is 7.05 Å². The molecule has 9 heteroatoms. The van der Waals surface area contributed by atoms with E-state index < -0.39 is 18.5 Å². The molecule has 3 aromatic carbocycles. The third-order valence-corrected chi connectivity index (χ3v) is 7.02. The van der Waals surface area contributed by atoms with Crippen molar-refractivity contribution in [3.8, 4) is 16.9 Å². The number of hydrogen-bond acceptors (Lipinski definition) is 7. The van der Waals surface area contributed by atoms with E-state index in [1.807, 2.05) is 62.4 Å². The number of aryl methyl sites for hydroxylation is 1. The number of carbonyl (C=O) groups excluding carboxylic acids is 2. The van der Waals surface area contributed by atoms with Crippen LogP contribution in [0.2, 0.25) is 0 Å². The number of nitrogens with one attached hydrogen (secondary N) is 1. The maximum absolute atomic E-state index is 13.3. The van der Waals surface area contributed by atoms with Gasteiger partial charge in [-0.2, -0.15) is 0 Å². The van der Waals surface area contributed by atoms with Gasteiger partial charge in [0, 0.05) is 18.0 Å². The van der Waals surface area contributed by atoms with E-state index in [9.17, 15) is 14.4 Å². The van der Waals surface area contributed by atoms with Crippen LogP contribution in [0.3, 0.4) is 0 Å². The molecule has 0 spiro atoms. The molecule has 0 unspecified atom stereocenters. The minimum Gasteiger partial charge on any atom is -0.494 e. The number of aromatic nitrogens is 2. The van der Waals surface area contributed by atoms with E-state index in [1.54, 1.807) is 18.2 Å². The average molecular weight is 528 g/mol. The van der Waals surface area contributed by atoms with Crippen LogP contribution in [0.5, 0.6) is 5.75 Å². The minimum atomic E-state index is -0.772. The highest BCUT2D eigenvalue weighted by Gasteiger charge is 2.23. The highest BCUT2D eigenvalue weighted by molar-refractivity contribution is 7.22. The van der Waals surface area contributed by atoms with E-state index in [0.29, 0.717) is 28.1 Å². The molecule has 0 aliphatic rings. The minimum absolute atomic E-state index is 0.0776. The van der Waals surface area contributed by atoms with Gasteiger partial charge in [-0.3, -0.25) is 14.9 Å². The van der Waals surface area contributed by atoms with E-state index in [0.717, 1.165) is 27.1 Å². The fourth-order valence-corrected chi connectivity index (χ4v) is 5.20. The molecule has 2 heterocycles. The first-order valence-corrected chi connectivity index (χ1v) is 12.9. The van der Waals surface area contributed by atoms with Crippen molar-refractivity contribution in [1.82, 2.24) is 9.55 Å². The van der Waals surface area contributed by atoms with Gasteiger partial charge in [0.2, 0.25) is 0 Å². The van der Waals surface area contributed by atoms with Gasteiger partial charge in [0.05, 0.1) is 16.8 Å². The van der Waals surface area contributed by atoms with Gasteiger partial charge in [-0.25, -0.2) is 9.78 Å².